The zero-order valence-electron chi connectivity index (χ0n) is 11.4. The summed E-state index contributed by atoms with van der Waals surface area (Å²) in [5.41, 5.74) is 0. The molecule has 0 unspecified atom stereocenters. The molecule has 2 aliphatic rings. The molecule has 4 nitrogen and oxygen atoms in total. The lowest BCUT2D eigenvalue weighted by Gasteiger charge is -2.32. The summed E-state index contributed by atoms with van der Waals surface area (Å²) in [6.07, 6.45) is 11.2. The van der Waals surface area contributed by atoms with Crippen LogP contribution in [0, 0.1) is 0 Å². The molecule has 2 aliphatic carbocycles. The molecule has 0 aliphatic heterocycles. The molecule has 106 valence electrons. The van der Waals surface area contributed by atoms with Gasteiger partial charge < -0.3 is 0 Å². The first-order valence-electron chi connectivity index (χ1n) is 7.35. The molecule has 0 atom stereocenters. The number of nitrogens with zero attached hydrogens (tertiary/aromatic N) is 1. The third-order valence-electron chi connectivity index (χ3n) is 4.39. The van der Waals surface area contributed by atoms with Crippen LogP contribution in [0.25, 0.3) is 0 Å². The summed E-state index contributed by atoms with van der Waals surface area (Å²) in [5.74, 6) is 0. The molecule has 0 amide bonds. The fraction of sp³-hybridized carbons (Fsp3) is 1.00. The predicted molar refractivity (Wildman–Crippen MR) is 73.6 cm³/mol. The third-order valence-corrected chi connectivity index (χ3v) is 6.08. The van der Waals surface area contributed by atoms with Gasteiger partial charge in [0, 0.05) is 19.1 Å². The molecule has 0 heterocycles. The van der Waals surface area contributed by atoms with E-state index in [2.05, 4.69) is 4.72 Å². The quantitative estimate of drug-likeness (QED) is 0.856. The molecular formula is C13H26N2O2S. The molecule has 0 spiro atoms. The van der Waals surface area contributed by atoms with Crippen molar-refractivity contribution in [3.63, 3.8) is 0 Å². The molecule has 2 saturated carbocycles. The van der Waals surface area contributed by atoms with E-state index in [4.69, 9.17) is 0 Å². The van der Waals surface area contributed by atoms with Crippen LogP contribution in [0.2, 0.25) is 0 Å². The highest BCUT2D eigenvalue weighted by molar-refractivity contribution is 7.87. The Balaban J connectivity index is 1.91. The Morgan fingerprint density at radius 3 is 1.94 bits per heavy atom. The average molecular weight is 274 g/mol. The van der Waals surface area contributed by atoms with Crippen LogP contribution in [-0.4, -0.2) is 31.9 Å². The topological polar surface area (TPSA) is 49.4 Å². The van der Waals surface area contributed by atoms with Crippen LogP contribution in [0.1, 0.15) is 64.2 Å². The second-order valence-corrected chi connectivity index (χ2v) is 7.53. The predicted octanol–water partition coefficient (Wildman–Crippen LogP) is 2.42. The lowest BCUT2D eigenvalue weighted by atomic mass is 9.96. The SMILES string of the molecule is CN(C1CCCCC1)S(=O)(=O)NC1CCCCC1. The van der Waals surface area contributed by atoms with Crippen LogP contribution in [0.3, 0.4) is 0 Å². The monoisotopic (exact) mass is 274 g/mol. The normalized spacial score (nSPS) is 24.6. The van der Waals surface area contributed by atoms with Crippen LogP contribution in [0.15, 0.2) is 0 Å². The van der Waals surface area contributed by atoms with E-state index < -0.39 is 10.2 Å². The molecular weight excluding hydrogens is 248 g/mol. The van der Waals surface area contributed by atoms with Gasteiger partial charge in [0.05, 0.1) is 0 Å². The number of hydrogen-bond donors (Lipinski definition) is 1. The molecule has 0 saturated heterocycles. The fourth-order valence-electron chi connectivity index (χ4n) is 3.16. The van der Waals surface area contributed by atoms with E-state index >= 15 is 0 Å². The van der Waals surface area contributed by atoms with Gasteiger partial charge in [-0.15, -0.1) is 0 Å². The van der Waals surface area contributed by atoms with Crippen molar-refractivity contribution in [2.45, 2.75) is 76.3 Å². The maximum atomic E-state index is 12.3. The van der Waals surface area contributed by atoms with Crippen LogP contribution in [-0.2, 0) is 10.2 Å². The van der Waals surface area contributed by atoms with Crippen molar-refractivity contribution >= 4 is 10.2 Å². The van der Waals surface area contributed by atoms with Gasteiger partial charge in [0.1, 0.15) is 0 Å². The van der Waals surface area contributed by atoms with Crippen LogP contribution in [0.4, 0.5) is 0 Å². The standard InChI is InChI=1S/C13H26N2O2S/c1-15(13-10-6-3-7-11-13)18(16,17)14-12-8-4-2-5-9-12/h12-14H,2-11H2,1H3. The summed E-state index contributed by atoms with van der Waals surface area (Å²) in [7, 11) is -1.54. The van der Waals surface area contributed by atoms with E-state index in [1.165, 1.54) is 12.8 Å². The zero-order valence-corrected chi connectivity index (χ0v) is 12.2. The maximum absolute atomic E-state index is 12.3. The van der Waals surface area contributed by atoms with Crippen molar-refractivity contribution in [3.8, 4) is 0 Å². The zero-order chi connectivity index (χ0) is 13.0. The van der Waals surface area contributed by atoms with Crippen molar-refractivity contribution in [2.24, 2.45) is 0 Å². The van der Waals surface area contributed by atoms with E-state index in [9.17, 15) is 8.42 Å². The van der Waals surface area contributed by atoms with E-state index in [0.717, 1.165) is 51.4 Å². The van der Waals surface area contributed by atoms with Gasteiger partial charge in [0.2, 0.25) is 0 Å². The first-order chi connectivity index (χ1) is 8.59. The Labute approximate surface area is 111 Å². The minimum atomic E-state index is -3.28. The largest absolute Gasteiger partial charge is 0.279 e. The first kappa shape index (κ1) is 14.3. The van der Waals surface area contributed by atoms with Crippen molar-refractivity contribution < 1.29 is 8.42 Å². The van der Waals surface area contributed by atoms with Gasteiger partial charge in [0.25, 0.3) is 10.2 Å². The highest BCUT2D eigenvalue weighted by Gasteiger charge is 2.29. The summed E-state index contributed by atoms with van der Waals surface area (Å²) >= 11 is 0. The van der Waals surface area contributed by atoms with E-state index in [1.807, 2.05) is 0 Å². The molecule has 0 aromatic heterocycles. The maximum Gasteiger partial charge on any atom is 0.279 e. The van der Waals surface area contributed by atoms with Crippen LogP contribution in [0.5, 0.6) is 0 Å². The lowest BCUT2D eigenvalue weighted by molar-refractivity contribution is 0.278. The molecule has 2 rings (SSSR count). The van der Waals surface area contributed by atoms with Crippen LogP contribution >= 0.6 is 0 Å². The summed E-state index contributed by atoms with van der Waals surface area (Å²) in [4.78, 5) is 0. The van der Waals surface area contributed by atoms with Gasteiger partial charge in [0.15, 0.2) is 0 Å². The molecule has 5 heteroatoms. The highest BCUT2D eigenvalue weighted by atomic mass is 32.2. The molecule has 18 heavy (non-hydrogen) atoms. The molecule has 0 radical (unpaired) electrons. The molecule has 0 aromatic carbocycles. The Kier molecular flexibility index (Phi) is 5.04. The van der Waals surface area contributed by atoms with Gasteiger partial charge in [-0.3, -0.25) is 0 Å². The van der Waals surface area contributed by atoms with Crippen molar-refractivity contribution in [1.82, 2.24) is 9.03 Å². The Hall–Kier alpha value is -0.130. The summed E-state index contributed by atoms with van der Waals surface area (Å²) < 4.78 is 29.1. The number of hydrogen-bond acceptors (Lipinski definition) is 2. The number of rotatable bonds is 4. The third kappa shape index (κ3) is 3.68. The van der Waals surface area contributed by atoms with Gasteiger partial charge >= 0.3 is 0 Å². The second-order valence-electron chi connectivity index (χ2n) is 5.77. The van der Waals surface area contributed by atoms with Crippen molar-refractivity contribution in [2.75, 3.05) is 7.05 Å². The van der Waals surface area contributed by atoms with Gasteiger partial charge in [-0.25, -0.2) is 0 Å². The average Bonchev–Trinajstić information content (AvgIpc) is 2.39. The Morgan fingerprint density at radius 1 is 0.889 bits per heavy atom. The first-order valence-corrected chi connectivity index (χ1v) is 8.79. The van der Waals surface area contributed by atoms with E-state index in [0.29, 0.717) is 0 Å². The minimum absolute atomic E-state index is 0.162. The summed E-state index contributed by atoms with van der Waals surface area (Å²) in [5, 5.41) is 0. The van der Waals surface area contributed by atoms with E-state index in [1.54, 1.807) is 11.4 Å². The summed E-state index contributed by atoms with van der Waals surface area (Å²) in [6.45, 7) is 0. The Morgan fingerprint density at radius 2 is 1.39 bits per heavy atom. The van der Waals surface area contributed by atoms with Gasteiger partial charge in [-0.1, -0.05) is 38.5 Å². The number of nitrogens with one attached hydrogen (secondary N) is 1. The van der Waals surface area contributed by atoms with E-state index in [-0.39, 0.29) is 12.1 Å². The minimum Gasteiger partial charge on any atom is -0.199 e. The Bertz CT molecular complexity index is 344. The van der Waals surface area contributed by atoms with Gasteiger partial charge in [-0.05, 0) is 25.7 Å². The molecule has 0 aromatic rings. The fourth-order valence-corrected chi connectivity index (χ4v) is 4.58. The smallest absolute Gasteiger partial charge is 0.199 e. The molecule has 1 N–H and O–H groups in total. The summed E-state index contributed by atoms with van der Waals surface area (Å²) in [6, 6.07) is 0.370. The molecule has 2 fully saturated rings. The van der Waals surface area contributed by atoms with Gasteiger partial charge in [-0.2, -0.15) is 17.4 Å². The van der Waals surface area contributed by atoms with Crippen molar-refractivity contribution in [1.29, 1.82) is 0 Å². The van der Waals surface area contributed by atoms with Crippen LogP contribution < -0.4 is 4.72 Å². The molecule has 0 bridgehead atoms. The lowest BCUT2D eigenvalue weighted by Crippen LogP contribution is -2.48. The van der Waals surface area contributed by atoms with Crippen molar-refractivity contribution in [3.05, 3.63) is 0 Å². The highest BCUT2D eigenvalue weighted by Crippen LogP contribution is 2.24. The second kappa shape index (κ2) is 6.35.